The van der Waals surface area contributed by atoms with E-state index in [2.05, 4.69) is 4.74 Å². The molecule has 1 aromatic rings. The van der Waals surface area contributed by atoms with Crippen LogP contribution in [0.2, 0.25) is 5.02 Å². The number of benzene rings is 1. The molecule has 7 heteroatoms. The van der Waals surface area contributed by atoms with E-state index in [0.29, 0.717) is 6.29 Å². The summed E-state index contributed by atoms with van der Waals surface area (Å²) in [5.74, 6) is -1.17. The number of phenols is 1. The van der Waals surface area contributed by atoms with Crippen LogP contribution in [0.1, 0.15) is 35.4 Å². The SMILES string of the molecule is CCOC(=O)CC(O)C(O)c1cc(Cl)cc(C=O)c1O. The van der Waals surface area contributed by atoms with Gasteiger partial charge in [0.1, 0.15) is 11.9 Å². The molecule has 0 saturated carbocycles. The minimum atomic E-state index is -1.57. The second-order valence-electron chi connectivity index (χ2n) is 4.07. The summed E-state index contributed by atoms with van der Waals surface area (Å²) in [6.45, 7) is 1.76. The van der Waals surface area contributed by atoms with Gasteiger partial charge in [-0.15, -0.1) is 0 Å². The second kappa shape index (κ2) is 7.23. The van der Waals surface area contributed by atoms with Crippen molar-refractivity contribution in [3.8, 4) is 5.75 Å². The lowest BCUT2D eigenvalue weighted by molar-refractivity contribution is -0.147. The molecule has 0 fully saturated rings. The average molecular weight is 303 g/mol. The molecule has 1 aromatic carbocycles. The lowest BCUT2D eigenvalue weighted by Gasteiger charge is -2.19. The number of hydrogen-bond acceptors (Lipinski definition) is 6. The first-order valence-corrected chi connectivity index (χ1v) is 6.27. The predicted molar refractivity (Wildman–Crippen MR) is 70.7 cm³/mol. The third kappa shape index (κ3) is 3.93. The number of carbonyl (C=O) groups is 2. The van der Waals surface area contributed by atoms with Gasteiger partial charge in [-0.1, -0.05) is 11.6 Å². The summed E-state index contributed by atoms with van der Waals surface area (Å²) in [5.41, 5.74) is -0.244. The Kier molecular flexibility index (Phi) is 5.94. The highest BCUT2D eigenvalue weighted by atomic mass is 35.5. The van der Waals surface area contributed by atoms with Gasteiger partial charge in [-0.2, -0.15) is 0 Å². The molecule has 110 valence electrons. The molecule has 2 unspecified atom stereocenters. The molecular weight excluding hydrogens is 288 g/mol. The Hall–Kier alpha value is -1.63. The Balaban J connectivity index is 2.96. The van der Waals surface area contributed by atoms with E-state index in [1.54, 1.807) is 6.92 Å². The third-order valence-corrected chi connectivity index (χ3v) is 2.84. The zero-order valence-corrected chi connectivity index (χ0v) is 11.5. The molecule has 1 rings (SSSR count). The summed E-state index contributed by atoms with van der Waals surface area (Å²) in [6, 6.07) is 2.43. The van der Waals surface area contributed by atoms with Crippen molar-refractivity contribution in [3.63, 3.8) is 0 Å². The predicted octanol–water partition coefficient (Wildman–Crippen LogP) is 1.21. The van der Waals surface area contributed by atoms with E-state index in [9.17, 15) is 24.9 Å². The highest BCUT2D eigenvalue weighted by molar-refractivity contribution is 6.31. The minimum absolute atomic E-state index is 0.113. The average Bonchev–Trinajstić information content (AvgIpc) is 2.40. The van der Waals surface area contributed by atoms with Crippen molar-refractivity contribution in [1.29, 1.82) is 0 Å². The number of aromatic hydroxyl groups is 1. The maximum atomic E-state index is 11.2. The summed E-state index contributed by atoms with van der Waals surface area (Å²) in [4.78, 5) is 22.0. The molecule has 6 nitrogen and oxygen atoms in total. The highest BCUT2D eigenvalue weighted by Crippen LogP contribution is 2.33. The van der Waals surface area contributed by atoms with Gasteiger partial charge >= 0.3 is 5.97 Å². The van der Waals surface area contributed by atoms with Crippen molar-refractivity contribution in [3.05, 3.63) is 28.3 Å². The van der Waals surface area contributed by atoms with Crippen LogP contribution in [0.15, 0.2) is 12.1 Å². The van der Waals surface area contributed by atoms with Gasteiger partial charge in [-0.3, -0.25) is 9.59 Å². The minimum Gasteiger partial charge on any atom is -0.507 e. The number of carbonyl (C=O) groups excluding carboxylic acids is 2. The van der Waals surface area contributed by atoms with Crippen molar-refractivity contribution in [1.82, 2.24) is 0 Å². The molecule has 0 heterocycles. The monoisotopic (exact) mass is 302 g/mol. The molecule has 0 aliphatic rings. The molecule has 3 N–H and O–H groups in total. The van der Waals surface area contributed by atoms with Crippen LogP contribution in [0, 0.1) is 0 Å². The quantitative estimate of drug-likeness (QED) is 0.539. The fourth-order valence-electron chi connectivity index (χ4n) is 1.67. The fraction of sp³-hybridized carbons (Fsp3) is 0.385. The van der Waals surface area contributed by atoms with Crippen molar-refractivity contribution in [2.24, 2.45) is 0 Å². The lowest BCUT2D eigenvalue weighted by atomic mass is 9.99. The molecule has 20 heavy (non-hydrogen) atoms. The Morgan fingerprint density at radius 1 is 1.45 bits per heavy atom. The Morgan fingerprint density at radius 3 is 2.65 bits per heavy atom. The zero-order valence-electron chi connectivity index (χ0n) is 10.7. The number of aldehydes is 1. The molecule has 0 saturated heterocycles. The summed E-state index contributed by atoms with van der Waals surface area (Å²) >= 11 is 5.75. The number of rotatable bonds is 6. The van der Waals surface area contributed by atoms with E-state index in [-0.39, 0.29) is 22.8 Å². The molecule has 2 atom stereocenters. The van der Waals surface area contributed by atoms with Crippen LogP contribution in [0.4, 0.5) is 0 Å². The van der Waals surface area contributed by atoms with Gasteiger partial charge in [-0.05, 0) is 19.1 Å². The van der Waals surface area contributed by atoms with Gasteiger partial charge in [0, 0.05) is 10.6 Å². The molecular formula is C13H15ClO6. The Bertz CT molecular complexity index is 502. The van der Waals surface area contributed by atoms with Crippen molar-refractivity contribution < 1.29 is 29.6 Å². The first-order valence-electron chi connectivity index (χ1n) is 5.90. The van der Waals surface area contributed by atoms with Gasteiger partial charge in [-0.25, -0.2) is 0 Å². The largest absolute Gasteiger partial charge is 0.507 e. The molecule has 0 aromatic heterocycles. The highest BCUT2D eigenvalue weighted by Gasteiger charge is 2.26. The standard InChI is InChI=1S/C13H15ClO6/c1-2-20-11(17)5-10(16)13(19)9-4-8(14)3-7(6-15)12(9)18/h3-4,6,10,13,16,18-19H,2,5H2,1H3. The van der Waals surface area contributed by atoms with Crippen molar-refractivity contribution in [2.75, 3.05) is 6.61 Å². The molecule has 0 spiro atoms. The molecule has 0 bridgehead atoms. The smallest absolute Gasteiger partial charge is 0.308 e. The van der Waals surface area contributed by atoms with Gasteiger partial charge < -0.3 is 20.1 Å². The summed E-state index contributed by atoms with van der Waals surface area (Å²) in [5, 5.41) is 29.6. The third-order valence-electron chi connectivity index (χ3n) is 2.62. The Morgan fingerprint density at radius 2 is 2.10 bits per heavy atom. The van der Waals surface area contributed by atoms with Crippen LogP contribution in [0.25, 0.3) is 0 Å². The van der Waals surface area contributed by atoms with Crippen LogP contribution >= 0.6 is 11.6 Å². The van der Waals surface area contributed by atoms with E-state index in [1.165, 1.54) is 12.1 Å². The van der Waals surface area contributed by atoms with Crippen molar-refractivity contribution in [2.45, 2.75) is 25.6 Å². The summed E-state index contributed by atoms with van der Waals surface area (Å²) in [7, 11) is 0. The topological polar surface area (TPSA) is 104 Å². The first-order chi connectivity index (χ1) is 9.40. The Labute approximate surface area is 120 Å². The fourth-order valence-corrected chi connectivity index (χ4v) is 1.90. The molecule has 0 amide bonds. The van der Waals surface area contributed by atoms with Gasteiger partial charge in [0.25, 0.3) is 0 Å². The molecule has 0 radical (unpaired) electrons. The number of aliphatic hydroxyl groups is 2. The van der Waals surface area contributed by atoms with Crippen LogP contribution in [0.3, 0.4) is 0 Å². The molecule has 0 aliphatic carbocycles. The number of ether oxygens (including phenoxy) is 1. The van der Waals surface area contributed by atoms with Crippen molar-refractivity contribution >= 4 is 23.9 Å². The summed E-state index contributed by atoms with van der Waals surface area (Å²) in [6.07, 6.45) is -3.14. The van der Waals surface area contributed by atoms with Crippen LogP contribution in [-0.2, 0) is 9.53 Å². The number of phenolic OH excluding ortho intramolecular Hbond substituents is 1. The van der Waals surface area contributed by atoms with Crippen LogP contribution in [-0.4, -0.2) is 40.3 Å². The maximum Gasteiger partial charge on any atom is 0.308 e. The van der Waals surface area contributed by atoms with Gasteiger partial charge in [0.2, 0.25) is 0 Å². The zero-order chi connectivity index (χ0) is 15.3. The van der Waals surface area contributed by atoms with E-state index in [1.807, 2.05) is 0 Å². The number of aliphatic hydroxyl groups excluding tert-OH is 2. The van der Waals surface area contributed by atoms with E-state index in [0.717, 1.165) is 0 Å². The van der Waals surface area contributed by atoms with E-state index >= 15 is 0 Å². The van der Waals surface area contributed by atoms with Crippen LogP contribution < -0.4 is 0 Å². The summed E-state index contributed by atoms with van der Waals surface area (Å²) < 4.78 is 4.64. The van der Waals surface area contributed by atoms with Crippen LogP contribution in [0.5, 0.6) is 5.75 Å². The lowest BCUT2D eigenvalue weighted by Crippen LogP contribution is -2.23. The normalized spacial score (nSPS) is 13.6. The van der Waals surface area contributed by atoms with Gasteiger partial charge in [0.15, 0.2) is 6.29 Å². The first kappa shape index (κ1) is 16.4. The molecule has 0 aliphatic heterocycles. The number of esters is 1. The number of hydrogen-bond donors (Lipinski definition) is 3. The van der Waals surface area contributed by atoms with Gasteiger partial charge in [0.05, 0.1) is 24.7 Å². The number of halogens is 1. The maximum absolute atomic E-state index is 11.2. The van der Waals surface area contributed by atoms with E-state index in [4.69, 9.17) is 11.6 Å². The second-order valence-corrected chi connectivity index (χ2v) is 4.51. The van der Waals surface area contributed by atoms with E-state index < -0.39 is 30.3 Å².